The Hall–Kier alpha value is -0.850. The van der Waals surface area contributed by atoms with Crippen LogP contribution in [0.15, 0.2) is 18.2 Å². The molecule has 0 aromatic heterocycles. The number of rotatable bonds is 5. The van der Waals surface area contributed by atoms with Gasteiger partial charge in [0.1, 0.15) is 0 Å². The van der Waals surface area contributed by atoms with Gasteiger partial charge in [-0.2, -0.15) is 0 Å². The predicted molar refractivity (Wildman–Crippen MR) is 80.9 cm³/mol. The molecule has 0 saturated heterocycles. The van der Waals surface area contributed by atoms with Crippen LogP contribution in [0.2, 0.25) is 0 Å². The smallest absolute Gasteiger partial charge is 0.282 e. The molecule has 1 N–H and O–H groups in total. The number of nitro groups is 1. The Morgan fingerprint density at radius 2 is 2.22 bits per heavy atom. The van der Waals surface area contributed by atoms with Gasteiger partial charge in [0, 0.05) is 18.3 Å². The number of nitrogens with one attached hydrogen (secondary N) is 1. The van der Waals surface area contributed by atoms with E-state index in [1.807, 2.05) is 28.7 Å². The van der Waals surface area contributed by atoms with E-state index in [4.69, 9.17) is 0 Å². The molecule has 1 fully saturated rings. The van der Waals surface area contributed by atoms with E-state index in [2.05, 4.69) is 12.2 Å². The van der Waals surface area contributed by atoms with Gasteiger partial charge in [0.25, 0.3) is 5.69 Å². The highest BCUT2D eigenvalue weighted by Crippen LogP contribution is 2.43. The lowest BCUT2D eigenvalue weighted by Gasteiger charge is -2.41. The Kier molecular flexibility index (Phi) is 4.09. The van der Waals surface area contributed by atoms with E-state index in [1.54, 1.807) is 12.1 Å². The molecule has 0 heterocycles. The molecular weight excluding hydrogens is 343 g/mol. The van der Waals surface area contributed by atoms with Crippen LogP contribution in [0, 0.1) is 19.1 Å². The zero-order valence-electron chi connectivity index (χ0n) is 10.4. The van der Waals surface area contributed by atoms with Gasteiger partial charge in [0.15, 0.2) is 0 Å². The summed E-state index contributed by atoms with van der Waals surface area (Å²) >= 11 is 2.01. The van der Waals surface area contributed by atoms with E-state index < -0.39 is 0 Å². The second-order valence-electron chi connectivity index (χ2n) is 4.98. The Morgan fingerprint density at radius 3 is 2.67 bits per heavy atom. The maximum atomic E-state index is 10.7. The highest BCUT2D eigenvalue weighted by Gasteiger charge is 2.34. The van der Waals surface area contributed by atoms with E-state index in [-0.39, 0.29) is 10.6 Å². The van der Waals surface area contributed by atoms with Gasteiger partial charge in [-0.3, -0.25) is 10.1 Å². The first-order valence-electron chi connectivity index (χ1n) is 6.24. The highest BCUT2D eigenvalue weighted by molar-refractivity contribution is 14.1. The van der Waals surface area contributed by atoms with Gasteiger partial charge in [-0.25, -0.2) is 0 Å². The molecule has 98 valence electrons. The van der Waals surface area contributed by atoms with E-state index in [9.17, 15) is 10.1 Å². The van der Waals surface area contributed by atoms with Crippen molar-refractivity contribution in [3.05, 3.63) is 31.9 Å². The number of anilines is 1. The maximum Gasteiger partial charge on any atom is 0.282 e. The van der Waals surface area contributed by atoms with E-state index in [0.717, 1.165) is 12.2 Å². The second-order valence-corrected chi connectivity index (χ2v) is 6.15. The molecule has 0 atom stereocenters. The number of nitro benzene ring substituents is 1. The van der Waals surface area contributed by atoms with Gasteiger partial charge in [0.2, 0.25) is 0 Å². The zero-order valence-corrected chi connectivity index (χ0v) is 12.6. The van der Waals surface area contributed by atoms with Crippen LogP contribution in [-0.2, 0) is 0 Å². The molecule has 0 amide bonds. The number of hydrogen-bond acceptors (Lipinski definition) is 3. The fourth-order valence-corrected chi connectivity index (χ4v) is 3.10. The molecule has 4 nitrogen and oxygen atoms in total. The normalized spacial score (nSPS) is 17.0. The molecule has 0 radical (unpaired) electrons. The van der Waals surface area contributed by atoms with E-state index in [0.29, 0.717) is 8.99 Å². The summed E-state index contributed by atoms with van der Waals surface area (Å²) in [5.74, 6) is 0. The highest BCUT2D eigenvalue weighted by atomic mass is 127. The summed E-state index contributed by atoms with van der Waals surface area (Å²) in [4.78, 5) is 10.4. The molecule has 0 aliphatic heterocycles. The maximum absolute atomic E-state index is 10.7. The lowest BCUT2D eigenvalue weighted by atomic mass is 9.67. The number of nitrogens with zero attached hydrogens (tertiary/aromatic N) is 1. The lowest BCUT2D eigenvalue weighted by Crippen LogP contribution is -2.35. The van der Waals surface area contributed by atoms with Crippen LogP contribution in [-0.4, -0.2) is 11.5 Å². The zero-order chi connectivity index (χ0) is 13.2. The standard InChI is InChI=1S/C13H17IN2O2/c1-2-13(6-3-7-13)9-15-10-4-5-12(16(17)18)11(14)8-10/h4-5,8,15H,2-3,6-7,9H2,1H3. The van der Waals surface area contributed by atoms with Crippen LogP contribution in [0.1, 0.15) is 32.6 Å². The van der Waals surface area contributed by atoms with Crippen molar-refractivity contribution in [2.45, 2.75) is 32.6 Å². The van der Waals surface area contributed by atoms with Gasteiger partial charge in [-0.15, -0.1) is 0 Å². The quantitative estimate of drug-likeness (QED) is 0.487. The summed E-state index contributed by atoms with van der Waals surface area (Å²) in [5.41, 5.74) is 1.60. The molecule has 0 spiro atoms. The van der Waals surface area contributed by atoms with Crippen LogP contribution in [0.4, 0.5) is 11.4 Å². The monoisotopic (exact) mass is 360 g/mol. The minimum atomic E-state index is -0.342. The first kappa shape index (κ1) is 13.6. The molecular formula is C13H17IN2O2. The minimum absolute atomic E-state index is 0.176. The third-order valence-electron chi connectivity index (χ3n) is 3.98. The van der Waals surface area contributed by atoms with Crippen LogP contribution in [0.5, 0.6) is 0 Å². The summed E-state index contributed by atoms with van der Waals surface area (Å²) < 4.78 is 0.682. The summed E-state index contributed by atoms with van der Waals surface area (Å²) in [7, 11) is 0. The van der Waals surface area contributed by atoms with Gasteiger partial charge in [0.05, 0.1) is 8.49 Å². The van der Waals surface area contributed by atoms with Crippen molar-refractivity contribution in [1.29, 1.82) is 0 Å². The van der Waals surface area contributed by atoms with Crippen molar-refractivity contribution in [2.24, 2.45) is 5.41 Å². The van der Waals surface area contributed by atoms with Crippen LogP contribution in [0.25, 0.3) is 0 Å². The number of halogens is 1. The van der Waals surface area contributed by atoms with Crippen molar-refractivity contribution < 1.29 is 4.92 Å². The van der Waals surface area contributed by atoms with Crippen molar-refractivity contribution in [2.75, 3.05) is 11.9 Å². The average Bonchev–Trinajstić information content (AvgIpc) is 2.27. The number of hydrogen-bond donors (Lipinski definition) is 1. The molecule has 0 unspecified atom stereocenters. The summed E-state index contributed by atoms with van der Waals surface area (Å²) in [6.45, 7) is 3.21. The van der Waals surface area contributed by atoms with Crippen molar-refractivity contribution in [1.82, 2.24) is 0 Å². The predicted octanol–water partition coefficient (Wildman–Crippen LogP) is 4.19. The topological polar surface area (TPSA) is 55.2 Å². The van der Waals surface area contributed by atoms with Gasteiger partial charge >= 0.3 is 0 Å². The van der Waals surface area contributed by atoms with Gasteiger partial charge in [-0.1, -0.05) is 13.3 Å². The second kappa shape index (κ2) is 5.42. The molecule has 1 aromatic rings. The minimum Gasteiger partial charge on any atom is -0.384 e. The molecule has 1 aliphatic carbocycles. The molecule has 0 bridgehead atoms. The first-order valence-corrected chi connectivity index (χ1v) is 7.32. The fraction of sp³-hybridized carbons (Fsp3) is 0.538. The average molecular weight is 360 g/mol. The van der Waals surface area contributed by atoms with Crippen molar-refractivity contribution in [3.63, 3.8) is 0 Å². The van der Waals surface area contributed by atoms with Crippen LogP contribution < -0.4 is 5.32 Å². The Balaban J connectivity index is 2.02. The lowest BCUT2D eigenvalue weighted by molar-refractivity contribution is -0.385. The summed E-state index contributed by atoms with van der Waals surface area (Å²) in [6, 6.07) is 5.21. The van der Waals surface area contributed by atoms with E-state index >= 15 is 0 Å². The Morgan fingerprint density at radius 1 is 1.50 bits per heavy atom. The molecule has 1 saturated carbocycles. The summed E-state index contributed by atoms with van der Waals surface area (Å²) in [6.07, 6.45) is 5.11. The SMILES string of the molecule is CCC1(CNc2ccc([N+](=O)[O-])c(I)c2)CCC1. The molecule has 2 rings (SSSR count). The van der Waals surface area contributed by atoms with Crippen molar-refractivity contribution >= 4 is 34.0 Å². The first-order chi connectivity index (χ1) is 8.56. The van der Waals surface area contributed by atoms with Crippen LogP contribution in [0.3, 0.4) is 0 Å². The largest absolute Gasteiger partial charge is 0.384 e. The Bertz CT molecular complexity index is 453. The molecule has 18 heavy (non-hydrogen) atoms. The molecule has 5 heteroatoms. The third kappa shape index (κ3) is 2.76. The summed E-state index contributed by atoms with van der Waals surface area (Å²) in [5, 5.41) is 14.2. The Labute approximate surface area is 120 Å². The third-order valence-corrected chi connectivity index (χ3v) is 4.84. The van der Waals surface area contributed by atoms with Gasteiger partial charge in [-0.05, 0) is 59.4 Å². The van der Waals surface area contributed by atoms with Crippen LogP contribution >= 0.6 is 22.6 Å². The molecule has 1 aliphatic rings. The number of benzene rings is 1. The van der Waals surface area contributed by atoms with E-state index in [1.165, 1.54) is 25.7 Å². The van der Waals surface area contributed by atoms with Crippen molar-refractivity contribution in [3.8, 4) is 0 Å². The fourth-order valence-electron chi connectivity index (χ4n) is 2.39. The molecule has 1 aromatic carbocycles. The van der Waals surface area contributed by atoms with Gasteiger partial charge < -0.3 is 5.32 Å².